The van der Waals surface area contributed by atoms with Crippen LogP contribution in [0.25, 0.3) is 0 Å². The molecule has 0 bridgehead atoms. The topological polar surface area (TPSA) is 49.6 Å². The van der Waals surface area contributed by atoms with Crippen LogP contribution in [0.5, 0.6) is 0 Å². The van der Waals surface area contributed by atoms with Crippen molar-refractivity contribution in [3.05, 3.63) is 23.8 Å². The predicted molar refractivity (Wildman–Crippen MR) is 36.1 cm³/mol. The summed E-state index contributed by atoms with van der Waals surface area (Å²) in [5.74, 6) is 0.234. The second-order valence-electron chi connectivity index (χ2n) is 1.88. The Labute approximate surface area is 59.4 Å². The van der Waals surface area contributed by atoms with E-state index in [2.05, 4.69) is 9.97 Å². The summed E-state index contributed by atoms with van der Waals surface area (Å²) in [6.45, 7) is 2.02. The molecule has 0 unspecified atom stereocenters. The van der Waals surface area contributed by atoms with Gasteiger partial charge in [-0.05, 0) is 12.0 Å². The molecule has 50 valence electrons. The molecule has 0 spiro atoms. The third-order valence-electron chi connectivity index (χ3n) is 1.21. The monoisotopic (exact) mass is 133 g/mol. The Morgan fingerprint density at radius 3 is 2.50 bits per heavy atom. The lowest BCUT2D eigenvalue weighted by Gasteiger charge is -1.91. The van der Waals surface area contributed by atoms with Crippen LogP contribution >= 0.6 is 0 Å². The van der Waals surface area contributed by atoms with Crippen molar-refractivity contribution in [1.82, 2.24) is 9.97 Å². The van der Waals surface area contributed by atoms with Gasteiger partial charge in [-0.3, -0.25) is 0 Å². The van der Waals surface area contributed by atoms with E-state index in [1.165, 1.54) is 0 Å². The molecule has 0 saturated carbocycles. The van der Waals surface area contributed by atoms with Gasteiger partial charge in [0.2, 0.25) is 5.82 Å². The standard InChI is InChI=1S/C7H7N3/c1-2-6-4-9-7(3-8)10-5-6/h4-5H,2H2,1H3. The van der Waals surface area contributed by atoms with Gasteiger partial charge in [-0.15, -0.1) is 0 Å². The fourth-order valence-corrected chi connectivity index (χ4v) is 0.595. The summed E-state index contributed by atoms with van der Waals surface area (Å²) in [5, 5.41) is 8.33. The summed E-state index contributed by atoms with van der Waals surface area (Å²) in [4.78, 5) is 7.59. The van der Waals surface area contributed by atoms with Crippen molar-refractivity contribution < 1.29 is 0 Å². The van der Waals surface area contributed by atoms with Crippen molar-refractivity contribution in [2.24, 2.45) is 0 Å². The van der Waals surface area contributed by atoms with Gasteiger partial charge in [-0.25, -0.2) is 9.97 Å². The molecular weight excluding hydrogens is 126 g/mol. The Hall–Kier alpha value is -1.43. The summed E-state index contributed by atoms with van der Waals surface area (Å²) in [7, 11) is 0. The normalized spacial score (nSPS) is 8.80. The molecule has 0 saturated heterocycles. The van der Waals surface area contributed by atoms with E-state index in [-0.39, 0.29) is 5.82 Å². The van der Waals surface area contributed by atoms with Crippen LogP contribution in [0.3, 0.4) is 0 Å². The van der Waals surface area contributed by atoms with Crippen LogP contribution in [0.1, 0.15) is 18.3 Å². The lowest BCUT2D eigenvalue weighted by atomic mass is 10.3. The molecular formula is C7H7N3. The quantitative estimate of drug-likeness (QED) is 0.572. The van der Waals surface area contributed by atoms with Gasteiger partial charge in [0.15, 0.2) is 0 Å². The number of nitrogens with zero attached hydrogens (tertiary/aromatic N) is 3. The van der Waals surface area contributed by atoms with E-state index in [0.717, 1.165) is 12.0 Å². The van der Waals surface area contributed by atoms with Gasteiger partial charge in [0.25, 0.3) is 0 Å². The zero-order valence-corrected chi connectivity index (χ0v) is 5.70. The maximum Gasteiger partial charge on any atom is 0.232 e. The zero-order valence-electron chi connectivity index (χ0n) is 5.70. The van der Waals surface area contributed by atoms with Crippen LogP contribution in [-0.2, 0) is 6.42 Å². The summed E-state index contributed by atoms with van der Waals surface area (Å²) >= 11 is 0. The summed E-state index contributed by atoms with van der Waals surface area (Å²) in [5.41, 5.74) is 1.05. The minimum atomic E-state index is 0.234. The number of hydrogen-bond donors (Lipinski definition) is 0. The number of hydrogen-bond acceptors (Lipinski definition) is 3. The molecule has 0 amide bonds. The fourth-order valence-electron chi connectivity index (χ4n) is 0.595. The molecule has 0 fully saturated rings. The Bertz CT molecular complexity index is 245. The molecule has 1 aromatic rings. The second-order valence-corrected chi connectivity index (χ2v) is 1.88. The third kappa shape index (κ3) is 1.29. The molecule has 0 atom stereocenters. The second kappa shape index (κ2) is 2.92. The van der Waals surface area contributed by atoms with Crippen LogP contribution in [0.2, 0.25) is 0 Å². The highest BCUT2D eigenvalue weighted by molar-refractivity contribution is 5.12. The summed E-state index contributed by atoms with van der Waals surface area (Å²) in [6, 6.07) is 1.86. The van der Waals surface area contributed by atoms with Crippen LogP contribution in [0, 0.1) is 11.3 Å². The molecule has 0 N–H and O–H groups in total. The van der Waals surface area contributed by atoms with Gasteiger partial charge in [-0.1, -0.05) is 6.92 Å². The van der Waals surface area contributed by atoms with Crippen LogP contribution in [0.4, 0.5) is 0 Å². The van der Waals surface area contributed by atoms with Gasteiger partial charge < -0.3 is 0 Å². The average molecular weight is 133 g/mol. The Morgan fingerprint density at radius 1 is 1.50 bits per heavy atom. The summed E-state index contributed by atoms with van der Waals surface area (Å²) in [6.07, 6.45) is 4.25. The van der Waals surface area contributed by atoms with Crippen molar-refractivity contribution in [3.8, 4) is 6.07 Å². The van der Waals surface area contributed by atoms with Crippen molar-refractivity contribution in [2.45, 2.75) is 13.3 Å². The van der Waals surface area contributed by atoms with Crippen molar-refractivity contribution in [1.29, 1.82) is 5.26 Å². The first kappa shape index (κ1) is 6.69. The molecule has 0 aliphatic heterocycles. The lowest BCUT2D eigenvalue weighted by molar-refractivity contribution is 1.02. The van der Waals surface area contributed by atoms with Crippen molar-refractivity contribution in [2.75, 3.05) is 0 Å². The van der Waals surface area contributed by atoms with E-state index in [9.17, 15) is 0 Å². The van der Waals surface area contributed by atoms with E-state index in [1.54, 1.807) is 12.4 Å². The highest BCUT2D eigenvalue weighted by Crippen LogP contribution is 1.94. The number of nitriles is 1. The maximum absolute atomic E-state index is 8.33. The van der Waals surface area contributed by atoms with Crippen LogP contribution < -0.4 is 0 Å². The van der Waals surface area contributed by atoms with Gasteiger partial charge in [0.1, 0.15) is 6.07 Å². The highest BCUT2D eigenvalue weighted by atomic mass is 14.9. The number of rotatable bonds is 1. The highest BCUT2D eigenvalue weighted by Gasteiger charge is 1.91. The predicted octanol–water partition coefficient (Wildman–Crippen LogP) is 0.911. The first-order chi connectivity index (χ1) is 4.86. The summed E-state index contributed by atoms with van der Waals surface area (Å²) < 4.78 is 0. The Morgan fingerprint density at radius 2 is 2.10 bits per heavy atom. The fraction of sp³-hybridized carbons (Fsp3) is 0.286. The van der Waals surface area contributed by atoms with E-state index in [4.69, 9.17) is 5.26 Å². The van der Waals surface area contributed by atoms with Crippen LogP contribution in [0.15, 0.2) is 12.4 Å². The van der Waals surface area contributed by atoms with E-state index < -0.39 is 0 Å². The molecule has 0 aliphatic rings. The van der Waals surface area contributed by atoms with Gasteiger partial charge in [0.05, 0.1) is 0 Å². The Balaban J connectivity index is 2.93. The smallest absolute Gasteiger partial charge is 0.227 e. The molecule has 0 aliphatic carbocycles. The molecule has 1 heterocycles. The minimum Gasteiger partial charge on any atom is -0.227 e. The van der Waals surface area contributed by atoms with Gasteiger partial charge >= 0.3 is 0 Å². The molecule has 1 rings (SSSR count). The number of aromatic nitrogens is 2. The SMILES string of the molecule is CCc1cnc(C#N)nc1. The van der Waals surface area contributed by atoms with Crippen molar-refractivity contribution >= 4 is 0 Å². The molecule has 1 aromatic heterocycles. The molecule has 3 nitrogen and oxygen atoms in total. The van der Waals surface area contributed by atoms with Crippen molar-refractivity contribution in [3.63, 3.8) is 0 Å². The maximum atomic E-state index is 8.33. The zero-order chi connectivity index (χ0) is 7.40. The average Bonchev–Trinajstić information content (AvgIpc) is 2.05. The van der Waals surface area contributed by atoms with Crippen LogP contribution in [-0.4, -0.2) is 9.97 Å². The van der Waals surface area contributed by atoms with E-state index in [0.29, 0.717) is 0 Å². The molecule has 0 radical (unpaired) electrons. The third-order valence-corrected chi connectivity index (χ3v) is 1.21. The molecule has 0 aromatic carbocycles. The minimum absolute atomic E-state index is 0.234. The first-order valence-corrected chi connectivity index (χ1v) is 3.08. The van der Waals surface area contributed by atoms with E-state index in [1.807, 2.05) is 13.0 Å². The molecule has 10 heavy (non-hydrogen) atoms. The van der Waals surface area contributed by atoms with Gasteiger partial charge in [-0.2, -0.15) is 5.26 Å². The first-order valence-electron chi connectivity index (χ1n) is 3.08. The molecule has 3 heteroatoms. The largest absolute Gasteiger partial charge is 0.232 e. The Kier molecular flexibility index (Phi) is 1.96. The van der Waals surface area contributed by atoms with E-state index >= 15 is 0 Å². The lowest BCUT2D eigenvalue weighted by Crippen LogP contribution is -1.89. The number of aryl methyl sites for hydroxylation is 1. The van der Waals surface area contributed by atoms with Gasteiger partial charge in [0, 0.05) is 12.4 Å².